The maximum Gasteiger partial charge on any atom is 0.306 e. The molecule has 10 heterocycles. The number of Topliss-reactive ketones (excluding diaryl/α,β-unsaturated/α-hetero) is 4. The molecule has 19 atom stereocenters. The van der Waals surface area contributed by atoms with E-state index in [1.165, 1.54) is 69.8 Å². The molecule has 10 aliphatic heterocycles. The number of phenols is 2. The summed E-state index contributed by atoms with van der Waals surface area (Å²) >= 11 is 0. The molecule has 2 amide bonds. The van der Waals surface area contributed by atoms with Crippen molar-refractivity contribution in [2.75, 3.05) is 84.9 Å². The van der Waals surface area contributed by atoms with E-state index in [9.17, 15) is 72.9 Å². The highest BCUT2D eigenvalue weighted by Gasteiger charge is 2.81. The predicted octanol–water partition coefficient (Wildman–Crippen LogP) is 7.40. The number of carbonyl (C=O) groups excluding carboxylic acids is 6. The molecule has 30 nitrogen and oxygen atoms in total. The maximum absolute atomic E-state index is 12.8. The summed E-state index contributed by atoms with van der Waals surface area (Å²) in [5, 5.41) is 81.8. The molecule has 10 bridgehead atoms. The van der Waals surface area contributed by atoms with Crippen molar-refractivity contribution in [3.05, 3.63) is 139 Å². The van der Waals surface area contributed by atoms with Gasteiger partial charge in [0.25, 0.3) is 11.8 Å². The van der Waals surface area contributed by atoms with Crippen LogP contribution in [0.4, 0.5) is 5.69 Å². The lowest BCUT2D eigenvalue weighted by atomic mass is 9.48. The molecule has 726 valence electrons. The van der Waals surface area contributed by atoms with Gasteiger partial charge in [-0.25, -0.2) is 4.85 Å². The lowest BCUT2D eigenvalue weighted by Crippen LogP contribution is -2.79. The van der Waals surface area contributed by atoms with Crippen molar-refractivity contribution in [2.24, 2.45) is 41.1 Å². The number of nitrogens with zero attached hydrogens (tertiary/aromatic N) is 6. The highest BCUT2D eigenvalue weighted by atomic mass is 32.2. The van der Waals surface area contributed by atoms with Gasteiger partial charge in [0.15, 0.2) is 64.8 Å². The number of hydrogen-bond donors (Lipinski definition) is 9. The molecule has 0 radical (unpaired) electrons. The summed E-state index contributed by atoms with van der Waals surface area (Å²) in [6.07, 6.45) is 23.1. The van der Waals surface area contributed by atoms with Crippen LogP contribution in [0.1, 0.15) is 243 Å². The second-order valence-electron chi connectivity index (χ2n) is 46.2. The zero-order valence-corrected chi connectivity index (χ0v) is 78.6. The van der Waals surface area contributed by atoms with Gasteiger partial charge in [0.2, 0.25) is 11.5 Å². The number of aromatic hydroxyl groups is 2. The van der Waals surface area contributed by atoms with Crippen molar-refractivity contribution in [1.29, 1.82) is 0 Å². The smallest absolute Gasteiger partial charge is 0.306 e. The van der Waals surface area contributed by atoms with E-state index in [-0.39, 0.29) is 82.6 Å². The van der Waals surface area contributed by atoms with Crippen molar-refractivity contribution in [3.8, 4) is 40.2 Å². The Kier molecular flexibility index (Phi) is 19.5. The average molecular weight is 1890 g/mol. The molecule has 5 spiro atoms. The first-order valence-corrected chi connectivity index (χ1v) is 52.9. The number of aliphatic hydroxyl groups is 5. The highest BCUT2D eigenvalue weighted by molar-refractivity contribution is 7.86. The van der Waals surface area contributed by atoms with Gasteiger partial charge in [0.1, 0.15) is 23.0 Å². The number of hydrogen-bond acceptors (Lipinski definition) is 27. The Morgan fingerprint density at radius 1 is 0.431 bits per heavy atom. The van der Waals surface area contributed by atoms with Crippen LogP contribution >= 0.6 is 0 Å². The number of primary amides is 2. The van der Waals surface area contributed by atoms with Crippen molar-refractivity contribution in [3.63, 3.8) is 0 Å². The number of nitrogens with two attached hydrogens (primary N) is 2. The van der Waals surface area contributed by atoms with Crippen LogP contribution in [0.25, 0.3) is 4.85 Å². The molecule has 30 rings (SSSR count). The van der Waals surface area contributed by atoms with Gasteiger partial charge in [-0.05, 0) is 280 Å². The number of piperidine rings is 5. The molecule has 16 fully saturated rings. The summed E-state index contributed by atoms with van der Waals surface area (Å²) in [6.45, 7) is 18.0. The fourth-order valence-corrected chi connectivity index (χ4v) is 33.0. The van der Waals surface area contributed by atoms with Gasteiger partial charge in [-0.2, -0.15) is 8.42 Å². The summed E-state index contributed by atoms with van der Waals surface area (Å²) < 4.78 is 66.6. The highest BCUT2D eigenvalue weighted by Crippen LogP contribution is 2.73. The Morgan fingerprint density at radius 3 is 1.26 bits per heavy atom. The number of amides is 2. The van der Waals surface area contributed by atoms with E-state index in [0.29, 0.717) is 143 Å². The van der Waals surface area contributed by atoms with Crippen LogP contribution in [0.2, 0.25) is 0 Å². The van der Waals surface area contributed by atoms with E-state index in [1.807, 2.05) is 36.4 Å². The first kappa shape index (κ1) is 88.5. The molecule has 0 aromatic heterocycles. The Hall–Kier alpha value is -8.72. The van der Waals surface area contributed by atoms with E-state index >= 15 is 0 Å². The van der Waals surface area contributed by atoms with Gasteiger partial charge in [-0.3, -0.25) is 53.3 Å². The van der Waals surface area contributed by atoms with Gasteiger partial charge in [-0.1, -0.05) is 36.4 Å². The van der Waals surface area contributed by atoms with Crippen LogP contribution in [0.5, 0.6) is 40.2 Å². The standard InChI is InChI=1S/C23H29NO7S.C21H24N2O4.C21H26N2O4.C21H22N2O3.C20H23NO4/c1-32(26,27)31-16-5-4-15-12-17-22(25)6-7-23(28-10-11-29-23)20-21(22,18(15)19(16)30-20)8-9-24(17)13-14-2-3-14;22-19(25)13-4-3-12-9-15-21(26)6-5-14(24)18-20(21,16(12)17(13)27-18)7-8-23(15)10-11-1-2-11;22-19(26)15-4-3-13-9-16-21(27)6-5-14(24)10-20(21,17(13)18(15)25)7-8-23(16)11-12-1-2-12;1-22-14-5-4-13-10-16-21(25)7-6-15(24)19-20(21,17(13)18(14)26-19)8-9-23(16)11-12-2-3-12;22-13-4-3-12-9-15-20(24)6-5-14(23)18-19(20,16(12)17(13)25-18)7-8-21(15)10-11-1-2-11/h4-5,14,17,20,25H,2-3,6-13H2,1H3;3-4,11,15,18,26H,1-2,5-10H2,(H2,22,25);3-4,12,16,25,27H,1-2,5-11H2,(H2,22,26);4-5,12,16,19,25H,2-3,6-11H2;3-4,11,15,18,22,24H,1-2,5-10H2/t17-,20?,21+,22?;15-,18?,20+,21?;16-,20-,21?;16-,19?,20+,21?;15-,18?,19+,20?/m11111/s1. The number of likely N-dealkylation sites (tertiary alicyclic amines) is 5. The fraction of sp³-hybridized carbons (Fsp3) is 0.651. The zero-order valence-electron chi connectivity index (χ0n) is 77.8. The van der Waals surface area contributed by atoms with Crippen molar-refractivity contribution in [1.82, 2.24) is 24.5 Å². The molecule has 137 heavy (non-hydrogen) atoms. The van der Waals surface area contributed by atoms with Gasteiger partial charge in [0, 0.05) is 129 Å². The Labute approximate surface area is 796 Å². The normalized spacial score (nSPS) is 38.9. The summed E-state index contributed by atoms with van der Waals surface area (Å²) in [7, 11) is -3.73. The monoisotopic (exact) mass is 1890 g/mol. The van der Waals surface area contributed by atoms with Crippen LogP contribution in [0, 0.1) is 36.2 Å². The largest absolute Gasteiger partial charge is 0.507 e. The Bertz CT molecular complexity index is 6230. The van der Waals surface area contributed by atoms with Gasteiger partial charge in [0.05, 0.1) is 86.8 Å². The average Bonchev–Trinajstić information content (AvgIpc) is 1.52. The minimum atomic E-state index is -3.73. The molecule has 15 aliphatic carbocycles. The van der Waals surface area contributed by atoms with E-state index in [1.54, 1.807) is 24.3 Å². The molecule has 31 heteroatoms. The quantitative estimate of drug-likeness (QED) is 0.0386. The zero-order chi connectivity index (χ0) is 94.1. The van der Waals surface area contributed by atoms with Gasteiger partial charge in [-0.15, -0.1) is 0 Å². The number of phenolic OH excluding ortho intramolecular Hbond substituents is 1. The Balaban J connectivity index is 0.0000000889. The third kappa shape index (κ3) is 12.2. The minimum Gasteiger partial charge on any atom is -0.507 e. The number of ether oxygens (including phenoxy) is 6. The lowest BCUT2D eigenvalue weighted by Gasteiger charge is -2.65. The number of rotatable bonds is 14. The molecular formula is C106H124N8O22S. The minimum absolute atomic E-state index is 0.00169. The summed E-state index contributed by atoms with van der Waals surface area (Å²) in [6, 6.07) is 18.3. The number of benzene rings is 5. The van der Waals surface area contributed by atoms with Gasteiger partial charge < -0.3 is 79.8 Å². The SMILES string of the molecule is CS(=O)(=O)Oc1ccc2c3c1OC1C4(CCC5(O)[C@@H](C2)N(CC2CC2)CC[C@]315)OCCO4.NC(=O)c1ccc2c(c1O)[C@]13CCN(CC4CC4)[C@H](C2)C1(O)CCC(=O)C3.NC(=O)c1ccc2c3c1OC1C(=O)CCC4(O)[C@@H](C2)N(CC2CC2)CC[C@]314.O=C1CCC2(O)[C@H]3Cc4ccc(O)c5c4[C@@]2(CCN3CC2CC2)C1O5.[C-]#[N+]c1ccc2c3c1OC1C(=O)CCC4(O)[C@@H](C2)N(CC2CC2)CC[C@]314. The van der Waals surface area contributed by atoms with Crippen LogP contribution in [0.15, 0.2) is 60.7 Å². The van der Waals surface area contributed by atoms with Crippen LogP contribution in [-0.4, -0.2) is 277 Å². The third-order valence-corrected chi connectivity index (χ3v) is 39.9. The van der Waals surface area contributed by atoms with E-state index < -0.39 is 107 Å². The van der Waals surface area contributed by atoms with Crippen molar-refractivity contribution < 1.29 is 106 Å². The molecule has 5 aromatic carbocycles. The van der Waals surface area contributed by atoms with E-state index in [4.69, 9.17) is 50.6 Å². The molecular weight excluding hydrogens is 1770 g/mol. The second kappa shape index (κ2) is 30.2. The number of ketones is 4. The molecule has 6 saturated heterocycles. The van der Waals surface area contributed by atoms with E-state index in [2.05, 4.69) is 29.3 Å². The maximum atomic E-state index is 12.8. The van der Waals surface area contributed by atoms with Crippen molar-refractivity contribution >= 4 is 50.8 Å². The second-order valence-corrected chi connectivity index (χ2v) is 47.7. The van der Waals surface area contributed by atoms with Gasteiger partial charge >= 0.3 is 10.1 Å². The van der Waals surface area contributed by atoms with Crippen molar-refractivity contribution in [2.45, 2.75) is 315 Å². The summed E-state index contributed by atoms with van der Waals surface area (Å²) in [5.74, 6) is 3.95. The molecule has 10 saturated carbocycles. The first-order chi connectivity index (χ1) is 65.7. The van der Waals surface area contributed by atoms with Crippen LogP contribution in [-0.2, 0) is 97.9 Å². The lowest BCUT2D eigenvalue weighted by molar-refractivity contribution is -0.296. The summed E-state index contributed by atoms with van der Waals surface area (Å²) in [5.41, 5.74) is 13.1. The van der Waals surface area contributed by atoms with Crippen LogP contribution < -0.4 is 34.6 Å². The number of fused-ring (bicyclic) bond motifs is 2. The topological polar surface area (TPSA) is 415 Å². The first-order valence-electron chi connectivity index (χ1n) is 51.1. The third-order valence-electron chi connectivity index (χ3n) is 39.4. The number of carbonyl (C=O) groups is 6. The Morgan fingerprint density at radius 2 is 0.803 bits per heavy atom. The molecule has 5 aromatic rings. The summed E-state index contributed by atoms with van der Waals surface area (Å²) in [4.78, 5) is 90.5. The molecule has 11 N–H and O–H groups in total. The van der Waals surface area contributed by atoms with E-state index in [0.717, 1.165) is 184 Å². The predicted molar refractivity (Wildman–Crippen MR) is 493 cm³/mol. The van der Waals surface area contributed by atoms with Crippen LogP contribution in [0.3, 0.4) is 0 Å². The molecule has 25 aliphatic rings. The fourth-order valence-electron chi connectivity index (χ4n) is 32.6. The molecule has 9 unspecified atom stereocenters.